The van der Waals surface area contributed by atoms with Gasteiger partial charge in [-0.1, -0.05) is 47.7 Å². The van der Waals surface area contributed by atoms with Crippen LogP contribution in [0.15, 0.2) is 48.5 Å². The number of carbonyl (C=O) groups is 1. The smallest absolute Gasteiger partial charge is 0.350 e. The molecule has 4 rings (SSSR count). The van der Waals surface area contributed by atoms with Crippen molar-refractivity contribution in [1.29, 1.82) is 0 Å². The largest absolute Gasteiger partial charge is 0.462 e. The van der Waals surface area contributed by atoms with Crippen molar-refractivity contribution < 1.29 is 14.5 Å². The molecule has 34 heavy (non-hydrogen) atoms. The summed E-state index contributed by atoms with van der Waals surface area (Å²) in [5.74, 6) is -0.467. The second kappa shape index (κ2) is 10.7. The van der Waals surface area contributed by atoms with E-state index in [0.29, 0.717) is 27.9 Å². The first-order chi connectivity index (χ1) is 16.4. The van der Waals surface area contributed by atoms with Gasteiger partial charge >= 0.3 is 5.97 Å². The highest BCUT2D eigenvalue weighted by atomic mass is 32.1. The van der Waals surface area contributed by atoms with E-state index in [1.807, 2.05) is 30.3 Å². The lowest BCUT2D eigenvalue weighted by Gasteiger charge is -2.32. The molecule has 0 radical (unpaired) electrons. The highest BCUT2D eigenvalue weighted by Gasteiger charge is 2.23. The first-order valence-electron chi connectivity index (χ1n) is 11.1. The fraction of sp³-hybridized carbons (Fsp3) is 0.333. The number of nitrogens with zero attached hydrogens (tertiary/aromatic N) is 4. The van der Waals surface area contributed by atoms with E-state index in [-0.39, 0.29) is 12.3 Å². The Morgan fingerprint density at radius 2 is 1.91 bits per heavy atom. The summed E-state index contributed by atoms with van der Waals surface area (Å²) in [6, 6.07) is 14.4. The highest BCUT2D eigenvalue weighted by Crippen LogP contribution is 2.36. The van der Waals surface area contributed by atoms with E-state index in [4.69, 9.17) is 4.74 Å². The van der Waals surface area contributed by atoms with Crippen LogP contribution in [0, 0.1) is 10.1 Å². The van der Waals surface area contributed by atoms with Crippen LogP contribution in [0.2, 0.25) is 0 Å². The summed E-state index contributed by atoms with van der Waals surface area (Å²) in [5, 5.41) is 15.2. The number of anilines is 2. The molecule has 9 nitrogen and oxygen atoms in total. The van der Waals surface area contributed by atoms with Crippen molar-refractivity contribution in [3.05, 3.63) is 69.1 Å². The molecule has 3 aromatic rings. The lowest BCUT2D eigenvalue weighted by molar-refractivity contribution is -0.383. The number of nitro benzene ring substituents is 1. The number of esters is 1. The minimum Gasteiger partial charge on any atom is -0.462 e. The van der Waals surface area contributed by atoms with Crippen molar-refractivity contribution in [2.45, 2.75) is 13.5 Å². The molecule has 1 saturated heterocycles. The Morgan fingerprint density at radius 1 is 1.18 bits per heavy atom. The fourth-order valence-corrected chi connectivity index (χ4v) is 4.71. The van der Waals surface area contributed by atoms with Gasteiger partial charge in [0.1, 0.15) is 10.6 Å². The van der Waals surface area contributed by atoms with Crippen molar-refractivity contribution in [1.82, 2.24) is 14.8 Å². The summed E-state index contributed by atoms with van der Waals surface area (Å²) in [4.78, 5) is 33.4. The molecule has 0 spiro atoms. The zero-order valence-corrected chi connectivity index (χ0v) is 20.0. The van der Waals surface area contributed by atoms with E-state index in [9.17, 15) is 14.9 Å². The number of nitro groups is 1. The van der Waals surface area contributed by atoms with Crippen LogP contribution in [-0.2, 0) is 11.3 Å². The van der Waals surface area contributed by atoms with Crippen LogP contribution in [0.1, 0.15) is 22.2 Å². The summed E-state index contributed by atoms with van der Waals surface area (Å²) >= 11 is 1.12. The molecule has 1 N–H and O–H groups in total. The Balaban J connectivity index is 1.64. The molecule has 1 fully saturated rings. The Hall–Kier alpha value is -3.34. The van der Waals surface area contributed by atoms with Crippen molar-refractivity contribution in [2.24, 2.45) is 0 Å². The van der Waals surface area contributed by atoms with Crippen molar-refractivity contribution >= 4 is 33.8 Å². The van der Waals surface area contributed by atoms with Crippen LogP contribution in [0.5, 0.6) is 0 Å². The van der Waals surface area contributed by atoms with Crippen molar-refractivity contribution in [3.8, 4) is 11.3 Å². The van der Waals surface area contributed by atoms with Gasteiger partial charge in [0, 0.05) is 44.4 Å². The minimum atomic E-state index is -0.467. The number of likely N-dealkylation sites (N-methyl/N-ethyl adjacent to an activating group) is 1. The van der Waals surface area contributed by atoms with E-state index in [0.717, 1.165) is 48.6 Å². The van der Waals surface area contributed by atoms with Crippen molar-refractivity contribution in [2.75, 3.05) is 45.2 Å². The van der Waals surface area contributed by atoms with Crippen LogP contribution in [0.4, 0.5) is 16.5 Å². The molecular formula is C24H27N5O4S. The van der Waals surface area contributed by atoms with Crippen LogP contribution in [-0.4, -0.2) is 65.5 Å². The number of rotatable bonds is 8. The summed E-state index contributed by atoms with van der Waals surface area (Å²) in [5.41, 5.74) is 2.54. The molecule has 178 valence electrons. The number of benzene rings is 2. The zero-order valence-electron chi connectivity index (χ0n) is 19.2. The summed E-state index contributed by atoms with van der Waals surface area (Å²) in [6.45, 7) is 6.59. The molecule has 0 saturated carbocycles. The van der Waals surface area contributed by atoms with E-state index in [2.05, 4.69) is 27.1 Å². The SMILES string of the molecule is CCOC(=O)c1sc(Nc2cc(CN3CCN(C)CC3)ccc2[N+](=O)[O-])nc1-c1ccccc1. The quantitative estimate of drug-likeness (QED) is 0.287. The number of piperazine rings is 1. The number of hydrogen-bond acceptors (Lipinski definition) is 9. The molecule has 1 aliphatic rings. The molecule has 10 heteroatoms. The Morgan fingerprint density at radius 3 is 2.59 bits per heavy atom. The molecule has 0 unspecified atom stereocenters. The fourth-order valence-electron chi connectivity index (χ4n) is 3.82. The maximum absolute atomic E-state index is 12.6. The Labute approximate surface area is 202 Å². The topological polar surface area (TPSA) is 101 Å². The number of ether oxygens (including phenoxy) is 1. The van der Waals surface area contributed by atoms with Gasteiger partial charge in [0.05, 0.1) is 17.2 Å². The van der Waals surface area contributed by atoms with Gasteiger partial charge in [0.25, 0.3) is 5.69 Å². The maximum atomic E-state index is 12.6. The first kappa shape index (κ1) is 23.8. The number of nitrogens with one attached hydrogen (secondary N) is 1. The molecule has 2 heterocycles. The van der Waals surface area contributed by atoms with Gasteiger partial charge < -0.3 is 15.0 Å². The van der Waals surface area contributed by atoms with Gasteiger partial charge in [-0.05, 0) is 25.6 Å². The highest BCUT2D eigenvalue weighted by molar-refractivity contribution is 7.18. The monoisotopic (exact) mass is 481 g/mol. The molecule has 1 aromatic heterocycles. The number of hydrogen-bond donors (Lipinski definition) is 1. The van der Waals surface area contributed by atoms with E-state index < -0.39 is 10.9 Å². The Bertz CT molecular complexity index is 1160. The third kappa shape index (κ3) is 5.58. The third-order valence-corrected chi connectivity index (χ3v) is 6.59. The summed E-state index contributed by atoms with van der Waals surface area (Å²) < 4.78 is 5.21. The normalized spacial score (nSPS) is 14.6. The van der Waals surface area contributed by atoms with E-state index in [1.54, 1.807) is 19.1 Å². The molecule has 2 aromatic carbocycles. The maximum Gasteiger partial charge on any atom is 0.350 e. The zero-order chi connectivity index (χ0) is 24.1. The van der Waals surface area contributed by atoms with Crippen molar-refractivity contribution in [3.63, 3.8) is 0 Å². The van der Waals surface area contributed by atoms with E-state index >= 15 is 0 Å². The number of carbonyl (C=O) groups excluding carboxylic acids is 1. The van der Waals surface area contributed by atoms with Crippen LogP contribution >= 0.6 is 11.3 Å². The molecule has 0 aliphatic carbocycles. The first-order valence-corrected chi connectivity index (χ1v) is 11.9. The van der Waals surface area contributed by atoms with Gasteiger partial charge in [0.2, 0.25) is 0 Å². The number of thiazole rings is 1. The Kier molecular flexibility index (Phi) is 7.51. The lowest BCUT2D eigenvalue weighted by Crippen LogP contribution is -2.43. The lowest BCUT2D eigenvalue weighted by atomic mass is 10.1. The standard InChI is InChI=1S/C24H27N5O4S/c1-3-33-23(30)22-21(18-7-5-4-6-8-18)26-24(34-22)25-19-15-17(9-10-20(19)29(31)32)16-28-13-11-27(2)12-14-28/h4-10,15H,3,11-14,16H2,1-2H3,(H,25,26). The van der Waals surface area contributed by atoms with Crippen LogP contribution in [0.3, 0.4) is 0 Å². The predicted molar refractivity (Wildman–Crippen MR) is 133 cm³/mol. The van der Waals surface area contributed by atoms with Gasteiger partial charge in [-0.25, -0.2) is 9.78 Å². The van der Waals surface area contributed by atoms with Crippen LogP contribution in [0.25, 0.3) is 11.3 Å². The molecule has 0 bridgehead atoms. The average Bonchev–Trinajstić information content (AvgIpc) is 3.25. The molecule has 0 atom stereocenters. The van der Waals surface area contributed by atoms with Gasteiger partial charge in [-0.3, -0.25) is 15.0 Å². The molecular weight excluding hydrogens is 454 g/mol. The van der Waals surface area contributed by atoms with Gasteiger partial charge in [-0.15, -0.1) is 0 Å². The molecule has 0 amide bonds. The predicted octanol–water partition coefficient (Wildman–Crippen LogP) is 4.39. The van der Waals surface area contributed by atoms with Gasteiger partial charge in [-0.2, -0.15) is 0 Å². The summed E-state index contributed by atoms with van der Waals surface area (Å²) in [6.07, 6.45) is 0. The summed E-state index contributed by atoms with van der Waals surface area (Å²) in [7, 11) is 2.10. The average molecular weight is 482 g/mol. The second-order valence-electron chi connectivity index (χ2n) is 8.10. The second-order valence-corrected chi connectivity index (χ2v) is 9.10. The minimum absolute atomic E-state index is 0.0451. The van der Waals surface area contributed by atoms with Gasteiger partial charge in [0.15, 0.2) is 5.13 Å². The van der Waals surface area contributed by atoms with Crippen LogP contribution < -0.4 is 5.32 Å². The molecule has 1 aliphatic heterocycles. The van der Waals surface area contributed by atoms with E-state index in [1.165, 1.54) is 6.07 Å². The number of aromatic nitrogens is 1. The third-order valence-electron chi connectivity index (χ3n) is 5.64.